The van der Waals surface area contributed by atoms with Crippen molar-refractivity contribution in [2.45, 2.75) is 45.6 Å². The summed E-state index contributed by atoms with van der Waals surface area (Å²) in [6, 6.07) is 0.180. The Hall–Kier alpha value is -1.65. The molecule has 1 aliphatic heterocycles. The summed E-state index contributed by atoms with van der Waals surface area (Å²) in [7, 11) is 1.82. The van der Waals surface area contributed by atoms with Crippen molar-refractivity contribution in [2.24, 2.45) is 5.41 Å². The predicted octanol–water partition coefficient (Wildman–Crippen LogP) is 1.83. The Bertz CT molecular complexity index is 574. The Morgan fingerprint density at radius 3 is 2.75 bits per heavy atom. The number of piperidine rings is 1. The van der Waals surface area contributed by atoms with Crippen molar-refractivity contribution in [3.63, 3.8) is 0 Å². The topological polar surface area (TPSA) is 55.2 Å². The number of likely N-dealkylation sites (N-methyl/N-ethyl adjacent to an activating group) is 1. The van der Waals surface area contributed by atoms with Crippen molar-refractivity contribution in [2.75, 3.05) is 13.6 Å². The molecule has 1 aromatic heterocycles. The molecule has 1 amide bonds. The summed E-state index contributed by atoms with van der Waals surface area (Å²) in [5.74, 6) is 0.371. The third-order valence-corrected chi connectivity index (χ3v) is 4.41. The van der Waals surface area contributed by atoms with Gasteiger partial charge in [0.15, 0.2) is 5.78 Å². The van der Waals surface area contributed by atoms with E-state index in [1.165, 1.54) is 0 Å². The van der Waals surface area contributed by atoms with E-state index < -0.39 is 0 Å². The minimum Gasteiger partial charge on any atom is -0.344 e. The van der Waals surface area contributed by atoms with Crippen LogP contribution in [0.1, 0.15) is 55.3 Å². The summed E-state index contributed by atoms with van der Waals surface area (Å²) in [6.07, 6.45) is 4.56. The smallest absolute Gasteiger partial charge is 0.222 e. The van der Waals surface area contributed by atoms with E-state index in [1.807, 2.05) is 11.6 Å². The van der Waals surface area contributed by atoms with E-state index in [0.29, 0.717) is 19.4 Å². The van der Waals surface area contributed by atoms with E-state index in [1.54, 1.807) is 11.2 Å². The van der Waals surface area contributed by atoms with Crippen LogP contribution in [0, 0.1) is 5.41 Å². The number of rotatable bonds is 1. The van der Waals surface area contributed by atoms with Crippen LogP contribution in [0.25, 0.3) is 0 Å². The predicted molar refractivity (Wildman–Crippen MR) is 74.6 cm³/mol. The van der Waals surface area contributed by atoms with E-state index in [-0.39, 0.29) is 23.1 Å². The Morgan fingerprint density at radius 2 is 2.05 bits per heavy atom. The number of likely N-dealkylation sites (tertiary alicyclic amines) is 1. The zero-order valence-electron chi connectivity index (χ0n) is 12.3. The highest BCUT2D eigenvalue weighted by atomic mass is 16.2. The lowest BCUT2D eigenvalue weighted by Crippen LogP contribution is -2.39. The quantitative estimate of drug-likeness (QED) is 0.785. The largest absolute Gasteiger partial charge is 0.344 e. The molecule has 2 aliphatic rings. The third-order valence-electron chi connectivity index (χ3n) is 4.41. The van der Waals surface area contributed by atoms with Crippen molar-refractivity contribution in [3.05, 3.63) is 17.7 Å². The second kappa shape index (κ2) is 4.43. The molecule has 0 saturated carbocycles. The highest BCUT2D eigenvalue weighted by Gasteiger charge is 2.36. The Balaban J connectivity index is 1.92. The number of imidazole rings is 1. The molecule has 0 radical (unpaired) electrons. The third kappa shape index (κ3) is 2.15. The molecular weight excluding hydrogens is 254 g/mol. The maximum atomic E-state index is 12.4. The van der Waals surface area contributed by atoms with Crippen molar-refractivity contribution < 1.29 is 9.59 Å². The average molecular weight is 275 g/mol. The fourth-order valence-corrected chi connectivity index (χ4v) is 3.36. The molecule has 0 spiro atoms. The van der Waals surface area contributed by atoms with E-state index in [4.69, 9.17) is 0 Å². The van der Waals surface area contributed by atoms with E-state index in [9.17, 15) is 9.59 Å². The lowest BCUT2D eigenvalue weighted by molar-refractivity contribution is -0.132. The number of carbonyl (C=O) groups is 2. The zero-order chi connectivity index (χ0) is 14.5. The Labute approximate surface area is 119 Å². The van der Waals surface area contributed by atoms with Gasteiger partial charge in [-0.25, -0.2) is 4.98 Å². The van der Waals surface area contributed by atoms with Gasteiger partial charge in [-0.15, -0.1) is 0 Å². The van der Waals surface area contributed by atoms with Gasteiger partial charge < -0.3 is 9.47 Å². The van der Waals surface area contributed by atoms with Gasteiger partial charge in [0.2, 0.25) is 5.91 Å². The molecule has 1 saturated heterocycles. The van der Waals surface area contributed by atoms with Gasteiger partial charge in [-0.05, 0) is 18.3 Å². The van der Waals surface area contributed by atoms with Crippen LogP contribution in [0.15, 0.2) is 6.33 Å². The van der Waals surface area contributed by atoms with Crippen LogP contribution in [0.3, 0.4) is 0 Å². The van der Waals surface area contributed by atoms with Crippen LogP contribution < -0.4 is 0 Å². The van der Waals surface area contributed by atoms with Gasteiger partial charge in [-0.3, -0.25) is 9.59 Å². The molecule has 3 rings (SSSR count). The second-order valence-electron chi connectivity index (χ2n) is 6.85. The lowest BCUT2D eigenvalue weighted by Gasteiger charge is -2.33. The highest BCUT2D eigenvalue weighted by molar-refractivity contribution is 5.97. The van der Waals surface area contributed by atoms with Crippen LogP contribution >= 0.6 is 0 Å². The van der Waals surface area contributed by atoms with Crippen molar-refractivity contribution in [1.29, 1.82) is 0 Å². The molecule has 20 heavy (non-hydrogen) atoms. The first-order valence-corrected chi connectivity index (χ1v) is 7.20. The van der Waals surface area contributed by atoms with Crippen LogP contribution in [-0.2, 0) is 11.2 Å². The molecule has 0 aromatic carbocycles. The number of hydrogen-bond acceptors (Lipinski definition) is 3. The van der Waals surface area contributed by atoms with E-state index >= 15 is 0 Å². The van der Waals surface area contributed by atoms with Gasteiger partial charge >= 0.3 is 0 Å². The van der Waals surface area contributed by atoms with E-state index in [0.717, 1.165) is 24.2 Å². The fourth-order valence-electron chi connectivity index (χ4n) is 3.36. The van der Waals surface area contributed by atoms with E-state index in [2.05, 4.69) is 18.8 Å². The Kier molecular flexibility index (Phi) is 2.96. The van der Waals surface area contributed by atoms with Gasteiger partial charge in [0.25, 0.3) is 0 Å². The molecule has 1 atom stereocenters. The first-order valence-electron chi connectivity index (χ1n) is 7.20. The van der Waals surface area contributed by atoms with Crippen LogP contribution in [0.5, 0.6) is 0 Å². The van der Waals surface area contributed by atoms with Crippen molar-refractivity contribution in [1.82, 2.24) is 14.5 Å². The minimum absolute atomic E-state index is 0.00257. The number of Topliss-reactive ketones (excluding diaryl/α,β-unsaturated/α-hetero) is 1. The van der Waals surface area contributed by atoms with Gasteiger partial charge in [0.05, 0.1) is 18.1 Å². The number of fused-ring (bicyclic) bond motifs is 1. The van der Waals surface area contributed by atoms with Crippen LogP contribution in [0.2, 0.25) is 0 Å². The molecule has 5 nitrogen and oxygen atoms in total. The highest BCUT2D eigenvalue weighted by Crippen LogP contribution is 2.36. The molecule has 5 heteroatoms. The van der Waals surface area contributed by atoms with Crippen LogP contribution in [0.4, 0.5) is 0 Å². The molecule has 0 bridgehead atoms. The number of aromatic nitrogens is 2. The SMILES string of the molecule is CN1C[C@@H](n2cnc3c2C(=O)CC(C)(C)C3)CCC1=O. The summed E-state index contributed by atoms with van der Waals surface area (Å²) in [4.78, 5) is 30.2. The van der Waals surface area contributed by atoms with Crippen molar-refractivity contribution in [3.8, 4) is 0 Å². The summed E-state index contributed by atoms with van der Waals surface area (Å²) >= 11 is 0. The zero-order valence-corrected chi connectivity index (χ0v) is 12.3. The molecule has 1 aliphatic carbocycles. The van der Waals surface area contributed by atoms with Gasteiger partial charge in [0.1, 0.15) is 5.69 Å². The molecule has 0 N–H and O–H groups in total. The number of hydrogen-bond donors (Lipinski definition) is 0. The number of nitrogens with zero attached hydrogens (tertiary/aromatic N) is 3. The van der Waals surface area contributed by atoms with Gasteiger partial charge in [-0.2, -0.15) is 0 Å². The van der Waals surface area contributed by atoms with Gasteiger partial charge in [-0.1, -0.05) is 13.8 Å². The summed E-state index contributed by atoms with van der Waals surface area (Å²) in [5, 5.41) is 0. The first-order chi connectivity index (χ1) is 9.37. The van der Waals surface area contributed by atoms with Crippen molar-refractivity contribution >= 4 is 11.7 Å². The molecular formula is C15H21N3O2. The fraction of sp³-hybridized carbons (Fsp3) is 0.667. The maximum Gasteiger partial charge on any atom is 0.222 e. The average Bonchev–Trinajstić information content (AvgIpc) is 2.75. The monoisotopic (exact) mass is 275 g/mol. The standard InChI is InChI=1S/C15H21N3O2/c1-15(2)6-11-14(12(19)7-15)18(9-16-11)10-4-5-13(20)17(3)8-10/h9-10H,4-8H2,1-3H3/t10-/m0/s1. The summed E-state index contributed by atoms with van der Waals surface area (Å²) in [6.45, 7) is 4.89. The maximum absolute atomic E-state index is 12.4. The summed E-state index contributed by atoms with van der Waals surface area (Å²) in [5.41, 5.74) is 1.70. The number of ketones is 1. The molecule has 108 valence electrons. The molecule has 1 aromatic rings. The summed E-state index contributed by atoms with van der Waals surface area (Å²) < 4.78 is 2.01. The number of amides is 1. The second-order valence-corrected chi connectivity index (χ2v) is 6.85. The number of carbonyl (C=O) groups excluding carboxylic acids is 2. The minimum atomic E-state index is 0.00257. The lowest BCUT2D eigenvalue weighted by atomic mass is 9.77. The first kappa shape index (κ1) is 13.3. The van der Waals surface area contributed by atoms with Gasteiger partial charge in [0, 0.05) is 26.4 Å². The Morgan fingerprint density at radius 1 is 1.30 bits per heavy atom. The van der Waals surface area contributed by atoms with Crippen LogP contribution in [-0.4, -0.2) is 39.7 Å². The molecule has 2 heterocycles. The molecule has 1 fully saturated rings. The normalized spacial score (nSPS) is 25.8. The molecule has 0 unspecified atom stereocenters.